The van der Waals surface area contributed by atoms with Gasteiger partial charge in [0.2, 0.25) is 0 Å². The maximum absolute atomic E-state index is 11.3. The molecule has 1 N–H and O–H groups in total. The Hall–Kier alpha value is -1.26. The van der Waals surface area contributed by atoms with Crippen LogP contribution in [-0.2, 0) is 4.74 Å². The third-order valence-electron chi connectivity index (χ3n) is 2.03. The first-order chi connectivity index (χ1) is 7.72. The van der Waals surface area contributed by atoms with Crippen molar-refractivity contribution in [3.8, 4) is 0 Å². The molecule has 0 atom stereocenters. The second-order valence-corrected chi connectivity index (χ2v) is 4.52. The monoisotopic (exact) mass is 255 g/mol. The molecular formula is C11H10ClNO2S. The number of carbonyl (C=O) groups excluding carboxylic acids is 1. The average molecular weight is 256 g/mol. The lowest BCUT2D eigenvalue weighted by Crippen LogP contribution is -2.12. The minimum atomic E-state index is -0.476. The highest BCUT2D eigenvalue weighted by Crippen LogP contribution is 2.39. The van der Waals surface area contributed by atoms with Crippen LogP contribution in [0.4, 0.5) is 9.80 Å². The van der Waals surface area contributed by atoms with E-state index in [-0.39, 0.29) is 0 Å². The molecule has 5 heteroatoms. The maximum Gasteiger partial charge on any atom is 0.412 e. The summed E-state index contributed by atoms with van der Waals surface area (Å²) in [5.74, 6) is 0. The van der Waals surface area contributed by atoms with Crippen molar-refractivity contribution < 1.29 is 9.53 Å². The number of amides is 1. The van der Waals surface area contributed by atoms with Crippen LogP contribution in [0, 0.1) is 0 Å². The number of carbonyl (C=O) groups is 1. The van der Waals surface area contributed by atoms with Crippen molar-refractivity contribution in [1.29, 1.82) is 0 Å². The number of halogens is 1. The minimum absolute atomic E-state index is 0.342. The zero-order valence-electron chi connectivity index (χ0n) is 8.62. The molecule has 0 fully saturated rings. The summed E-state index contributed by atoms with van der Waals surface area (Å²) >= 11 is 7.58. The molecule has 2 rings (SSSR count). The number of fused-ring (bicyclic) bond motifs is 1. The van der Waals surface area contributed by atoms with Crippen LogP contribution in [0.3, 0.4) is 0 Å². The van der Waals surface area contributed by atoms with Gasteiger partial charge in [0.25, 0.3) is 0 Å². The number of anilines is 1. The summed E-state index contributed by atoms with van der Waals surface area (Å²) in [6, 6.07) is 7.73. The molecule has 16 heavy (non-hydrogen) atoms. The van der Waals surface area contributed by atoms with Gasteiger partial charge in [-0.1, -0.05) is 29.8 Å². The van der Waals surface area contributed by atoms with Gasteiger partial charge >= 0.3 is 6.09 Å². The van der Waals surface area contributed by atoms with Gasteiger partial charge in [0.1, 0.15) is 5.00 Å². The van der Waals surface area contributed by atoms with E-state index in [9.17, 15) is 4.79 Å². The fraction of sp³-hybridized carbons (Fsp3) is 0.182. The van der Waals surface area contributed by atoms with Gasteiger partial charge in [-0.25, -0.2) is 4.79 Å². The first-order valence-corrected chi connectivity index (χ1v) is 6.02. The Morgan fingerprint density at radius 3 is 2.94 bits per heavy atom. The lowest BCUT2D eigenvalue weighted by molar-refractivity contribution is 0.168. The number of hydrogen-bond donors (Lipinski definition) is 1. The van der Waals surface area contributed by atoms with Gasteiger partial charge < -0.3 is 4.74 Å². The van der Waals surface area contributed by atoms with Crippen LogP contribution in [0.5, 0.6) is 0 Å². The van der Waals surface area contributed by atoms with Gasteiger partial charge in [-0.15, -0.1) is 11.3 Å². The molecule has 0 radical (unpaired) electrons. The molecule has 1 aromatic heterocycles. The Balaban J connectivity index is 2.31. The molecule has 1 heterocycles. The molecule has 1 amide bonds. The molecule has 0 aliphatic heterocycles. The highest BCUT2D eigenvalue weighted by molar-refractivity contribution is 7.23. The van der Waals surface area contributed by atoms with E-state index in [2.05, 4.69) is 5.32 Å². The van der Waals surface area contributed by atoms with Crippen molar-refractivity contribution in [1.82, 2.24) is 0 Å². The van der Waals surface area contributed by atoms with Crippen molar-refractivity contribution in [2.24, 2.45) is 0 Å². The van der Waals surface area contributed by atoms with Gasteiger partial charge in [0, 0.05) is 10.1 Å². The summed E-state index contributed by atoms with van der Waals surface area (Å²) in [6.45, 7) is 2.10. The first-order valence-electron chi connectivity index (χ1n) is 4.83. The number of ether oxygens (including phenoxy) is 1. The Morgan fingerprint density at radius 1 is 1.50 bits per heavy atom. The molecule has 0 saturated carbocycles. The van der Waals surface area contributed by atoms with Crippen LogP contribution < -0.4 is 5.32 Å². The van der Waals surface area contributed by atoms with Gasteiger partial charge in [-0.2, -0.15) is 0 Å². The predicted molar refractivity (Wildman–Crippen MR) is 67.5 cm³/mol. The normalized spacial score (nSPS) is 10.4. The van der Waals surface area contributed by atoms with Gasteiger partial charge in [-0.05, 0) is 13.0 Å². The van der Waals surface area contributed by atoms with E-state index in [4.69, 9.17) is 16.3 Å². The summed E-state index contributed by atoms with van der Waals surface area (Å²) in [4.78, 5) is 11.3. The van der Waals surface area contributed by atoms with Crippen LogP contribution >= 0.6 is 22.9 Å². The largest absolute Gasteiger partial charge is 0.450 e. The molecule has 3 nitrogen and oxygen atoms in total. The number of thiophene rings is 1. The van der Waals surface area contributed by atoms with Crippen LogP contribution in [0.25, 0.3) is 10.1 Å². The molecule has 0 saturated heterocycles. The number of nitrogens with one attached hydrogen (secondary N) is 1. The third-order valence-corrected chi connectivity index (χ3v) is 3.62. The summed E-state index contributed by atoms with van der Waals surface area (Å²) in [5, 5.41) is 4.76. The van der Waals surface area contributed by atoms with Crippen molar-refractivity contribution in [3.05, 3.63) is 29.3 Å². The Morgan fingerprint density at radius 2 is 2.25 bits per heavy atom. The van der Waals surface area contributed by atoms with Crippen LogP contribution in [0.15, 0.2) is 24.3 Å². The third kappa shape index (κ3) is 2.13. The SMILES string of the molecule is CCOC(=O)Nc1sc2ccccc2c1Cl. The number of rotatable bonds is 2. The fourth-order valence-electron chi connectivity index (χ4n) is 1.35. The molecule has 2 aromatic rings. The van der Waals surface area contributed by atoms with E-state index < -0.39 is 6.09 Å². The fourth-order valence-corrected chi connectivity index (χ4v) is 2.72. The quantitative estimate of drug-likeness (QED) is 0.877. The van der Waals surface area contributed by atoms with E-state index in [0.29, 0.717) is 16.6 Å². The molecule has 0 aliphatic carbocycles. The Kier molecular flexibility index (Phi) is 3.31. The van der Waals surface area contributed by atoms with E-state index >= 15 is 0 Å². The Labute approximate surface area is 102 Å². The lowest BCUT2D eigenvalue weighted by Gasteiger charge is -2.02. The summed E-state index contributed by atoms with van der Waals surface area (Å²) < 4.78 is 5.84. The van der Waals surface area contributed by atoms with Crippen LogP contribution in [0.2, 0.25) is 5.02 Å². The van der Waals surface area contributed by atoms with Crippen molar-refractivity contribution in [3.63, 3.8) is 0 Å². The number of hydrogen-bond acceptors (Lipinski definition) is 3. The molecule has 84 valence electrons. The van der Waals surface area contributed by atoms with Crippen LogP contribution in [-0.4, -0.2) is 12.7 Å². The highest BCUT2D eigenvalue weighted by atomic mass is 35.5. The molecule has 0 spiro atoms. The zero-order chi connectivity index (χ0) is 11.5. The van der Waals surface area contributed by atoms with Crippen molar-refractivity contribution in [2.75, 3.05) is 11.9 Å². The van der Waals surface area contributed by atoms with Gasteiger partial charge in [0.15, 0.2) is 0 Å². The average Bonchev–Trinajstić information content (AvgIpc) is 2.57. The summed E-state index contributed by atoms with van der Waals surface area (Å²) in [5.41, 5.74) is 0. The number of benzene rings is 1. The van der Waals surface area contributed by atoms with E-state index in [0.717, 1.165) is 10.1 Å². The summed E-state index contributed by atoms with van der Waals surface area (Å²) in [6.07, 6.45) is -0.476. The smallest absolute Gasteiger partial charge is 0.412 e. The van der Waals surface area contributed by atoms with Crippen molar-refractivity contribution >= 4 is 44.1 Å². The lowest BCUT2D eigenvalue weighted by atomic mass is 10.3. The van der Waals surface area contributed by atoms with Crippen molar-refractivity contribution in [2.45, 2.75) is 6.92 Å². The molecular weight excluding hydrogens is 246 g/mol. The Bertz CT molecular complexity index is 524. The second kappa shape index (κ2) is 4.72. The zero-order valence-corrected chi connectivity index (χ0v) is 10.2. The minimum Gasteiger partial charge on any atom is -0.450 e. The summed E-state index contributed by atoms with van der Waals surface area (Å²) in [7, 11) is 0. The standard InChI is InChI=1S/C11H10ClNO2S/c1-2-15-11(14)13-10-9(12)7-5-3-4-6-8(7)16-10/h3-6H,2H2,1H3,(H,13,14). The topological polar surface area (TPSA) is 38.3 Å². The van der Waals surface area contributed by atoms with E-state index in [1.807, 2.05) is 24.3 Å². The second-order valence-electron chi connectivity index (χ2n) is 3.09. The van der Waals surface area contributed by atoms with E-state index in [1.54, 1.807) is 6.92 Å². The predicted octanol–water partition coefficient (Wildman–Crippen LogP) is 4.12. The molecule has 0 unspecified atom stereocenters. The maximum atomic E-state index is 11.3. The van der Waals surface area contributed by atoms with Gasteiger partial charge in [-0.3, -0.25) is 5.32 Å². The first kappa shape index (κ1) is 11.2. The van der Waals surface area contributed by atoms with E-state index in [1.165, 1.54) is 11.3 Å². The molecule has 1 aromatic carbocycles. The van der Waals surface area contributed by atoms with Crippen LogP contribution in [0.1, 0.15) is 6.92 Å². The molecule has 0 bridgehead atoms. The highest BCUT2D eigenvalue weighted by Gasteiger charge is 2.12. The molecule has 0 aliphatic rings. The van der Waals surface area contributed by atoms with Gasteiger partial charge in [0.05, 0.1) is 11.6 Å².